The Kier molecular flexibility index (Phi) is 5.88. The van der Waals surface area contributed by atoms with Gasteiger partial charge < -0.3 is 14.5 Å². The van der Waals surface area contributed by atoms with E-state index < -0.39 is 18.5 Å². The summed E-state index contributed by atoms with van der Waals surface area (Å²) in [6, 6.07) is 10.1. The van der Waals surface area contributed by atoms with Crippen LogP contribution in [0.15, 0.2) is 51.9 Å². The van der Waals surface area contributed by atoms with Crippen molar-refractivity contribution in [2.45, 2.75) is 26.9 Å². The molecule has 0 saturated heterocycles. The van der Waals surface area contributed by atoms with Crippen LogP contribution in [-0.2, 0) is 22.6 Å². The molecule has 0 bridgehead atoms. The number of carbonyl (C=O) groups excluding carboxylic acids is 2. The Morgan fingerprint density at radius 3 is 2.61 bits per heavy atom. The van der Waals surface area contributed by atoms with E-state index in [4.69, 9.17) is 9.15 Å². The Bertz CT molecular complexity index is 1040. The summed E-state index contributed by atoms with van der Waals surface area (Å²) in [5.41, 5.74) is -0.258. The maximum Gasteiger partial charge on any atom is 0.359 e. The molecule has 0 atom stereocenters. The molecule has 0 aliphatic heterocycles. The topological polar surface area (TPSA) is 103 Å². The highest BCUT2D eigenvalue weighted by atomic mass is 16.5. The number of amides is 1. The number of nitrogens with zero attached hydrogens (tertiary/aromatic N) is 2. The molecule has 0 spiro atoms. The summed E-state index contributed by atoms with van der Waals surface area (Å²) in [6.07, 6.45) is 1.50. The normalized spacial score (nSPS) is 11.0. The van der Waals surface area contributed by atoms with E-state index in [0.717, 1.165) is 0 Å². The fraction of sp³-hybridized carbons (Fsp3) is 0.300. The van der Waals surface area contributed by atoms with Crippen LogP contribution in [0.25, 0.3) is 10.8 Å². The summed E-state index contributed by atoms with van der Waals surface area (Å²) >= 11 is 0. The zero-order valence-electron chi connectivity index (χ0n) is 15.7. The van der Waals surface area contributed by atoms with E-state index in [9.17, 15) is 14.4 Å². The van der Waals surface area contributed by atoms with Gasteiger partial charge in [-0.05, 0) is 24.1 Å². The third-order valence-corrected chi connectivity index (χ3v) is 3.97. The van der Waals surface area contributed by atoms with Crippen molar-refractivity contribution in [3.8, 4) is 0 Å². The van der Waals surface area contributed by atoms with Crippen LogP contribution in [0, 0.1) is 5.92 Å². The van der Waals surface area contributed by atoms with E-state index in [1.165, 1.54) is 10.9 Å². The number of fused-ring (bicyclic) bond motifs is 1. The van der Waals surface area contributed by atoms with Crippen LogP contribution in [-0.4, -0.2) is 28.3 Å². The van der Waals surface area contributed by atoms with E-state index in [1.807, 2.05) is 13.8 Å². The molecule has 3 rings (SSSR count). The van der Waals surface area contributed by atoms with Crippen molar-refractivity contribution in [2.75, 3.05) is 6.61 Å². The summed E-state index contributed by atoms with van der Waals surface area (Å²) in [7, 11) is 0. The fourth-order valence-corrected chi connectivity index (χ4v) is 2.70. The first-order chi connectivity index (χ1) is 13.5. The predicted molar refractivity (Wildman–Crippen MR) is 102 cm³/mol. The van der Waals surface area contributed by atoms with Gasteiger partial charge in [0.1, 0.15) is 5.76 Å². The van der Waals surface area contributed by atoms with Gasteiger partial charge in [0, 0.05) is 11.9 Å². The van der Waals surface area contributed by atoms with Crippen LogP contribution >= 0.6 is 0 Å². The molecule has 0 unspecified atom stereocenters. The lowest BCUT2D eigenvalue weighted by Gasteiger charge is -2.12. The quantitative estimate of drug-likeness (QED) is 0.627. The molecule has 8 nitrogen and oxygen atoms in total. The summed E-state index contributed by atoms with van der Waals surface area (Å²) in [5, 5.41) is 7.56. The zero-order valence-corrected chi connectivity index (χ0v) is 15.7. The highest BCUT2D eigenvalue weighted by Crippen LogP contribution is 2.14. The largest absolute Gasteiger partial charge is 0.467 e. The smallest absolute Gasteiger partial charge is 0.359 e. The number of benzene rings is 1. The molecule has 1 amide bonds. The van der Waals surface area contributed by atoms with Crippen LogP contribution < -0.4 is 10.9 Å². The van der Waals surface area contributed by atoms with Gasteiger partial charge in [-0.25, -0.2) is 9.48 Å². The second-order valence-corrected chi connectivity index (χ2v) is 6.71. The molecule has 2 aromatic heterocycles. The maximum atomic E-state index is 12.6. The van der Waals surface area contributed by atoms with E-state index in [1.54, 1.807) is 36.4 Å². The Morgan fingerprint density at radius 1 is 1.18 bits per heavy atom. The Labute approximate surface area is 161 Å². The molecule has 0 fully saturated rings. The predicted octanol–water partition coefficient (Wildman–Crippen LogP) is 2.12. The Balaban J connectivity index is 1.76. The fourth-order valence-electron chi connectivity index (χ4n) is 2.70. The molecule has 1 aromatic carbocycles. The lowest BCUT2D eigenvalue weighted by atomic mass is 10.1. The lowest BCUT2D eigenvalue weighted by molar-refractivity contribution is -0.124. The van der Waals surface area contributed by atoms with E-state index in [0.29, 0.717) is 23.1 Å². The van der Waals surface area contributed by atoms with Crippen molar-refractivity contribution in [3.63, 3.8) is 0 Å². The molecule has 8 heteroatoms. The molecule has 0 aliphatic rings. The number of rotatable bonds is 7. The molecule has 0 aliphatic carbocycles. The molecular formula is C20H21N3O5. The van der Waals surface area contributed by atoms with Crippen molar-refractivity contribution in [3.05, 3.63) is 64.5 Å². The number of esters is 1. The average molecular weight is 383 g/mol. The van der Waals surface area contributed by atoms with Crippen LogP contribution in [0.5, 0.6) is 0 Å². The van der Waals surface area contributed by atoms with E-state index in [2.05, 4.69) is 10.4 Å². The van der Waals surface area contributed by atoms with Gasteiger partial charge in [0.2, 0.25) is 0 Å². The summed E-state index contributed by atoms with van der Waals surface area (Å²) < 4.78 is 11.5. The van der Waals surface area contributed by atoms with Gasteiger partial charge in [0.15, 0.2) is 12.3 Å². The minimum Gasteiger partial charge on any atom is -0.467 e. The zero-order chi connectivity index (χ0) is 20.1. The summed E-state index contributed by atoms with van der Waals surface area (Å²) in [4.78, 5) is 37.0. The van der Waals surface area contributed by atoms with Crippen molar-refractivity contribution in [1.29, 1.82) is 0 Å². The SMILES string of the molecule is CC(C)Cn1nc(C(=O)OCC(=O)NCc2ccco2)c2ccccc2c1=O. The first kappa shape index (κ1) is 19.3. The number of hydrogen-bond donors (Lipinski definition) is 1. The summed E-state index contributed by atoms with van der Waals surface area (Å²) in [5.74, 6) is -0.470. The van der Waals surface area contributed by atoms with E-state index >= 15 is 0 Å². The number of aromatic nitrogens is 2. The maximum absolute atomic E-state index is 12.6. The first-order valence-electron chi connectivity index (χ1n) is 8.91. The van der Waals surface area contributed by atoms with Crippen LogP contribution in [0.4, 0.5) is 0 Å². The third kappa shape index (κ3) is 4.46. The van der Waals surface area contributed by atoms with Gasteiger partial charge in [-0.3, -0.25) is 9.59 Å². The van der Waals surface area contributed by atoms with Crippen LogP contribution in [0.1, 0.15) is 30.1 Å². The molecular weight excluding hydrogens is 362 g/mol. The number of nitrogens with one attached hydrogen (secondary N) is 1. The van der Waals surface area contributed by atoms with Gasteiger partial charge in [0.25, 0.3) is 11.5 Å². The highest BCUT2D eigenvalue weighted by molar-refractivity contribution is 6.02. The van der Waals surface area contributed by atoms with Gasteiger partial charge in [-0.15, -0.1) is 0 Å². The van der Waals surface area contributed by atoms with Gasteiger partial charge in [-0.2, -0.15) is 5.10 Å². The highest BCUT2D eigenvalue weighted by Gasteiger charge is 2.19. The standard InChI is InChI=1S/C20H21N3O5/c1-13(2)11-23-19(25)16-8-4-3-7-15(16)18(22-23)20(26)28-12-17(24)21-10-14-6-5-9-27-14/h3-9,13H,10-12H2,1-2H3,(H,21,24). The molecule has 28 heavy (non-hydrogen) atoms. The molecule has 146 valence electrons. The minimum atomic E-state index is -0.762. The number of furan rings is 1. The lowest BCUT2D eigenvalue weighted by Crippen LogP contribution is -2.30. The van der Waals surface area contributed by atoms with Crippen molar-refractivity contribution < 1.29 is 18.7 Å². The van der Waals surface area contributed by atoms with Gasteiger partial charge in [-0.1, -0.05) is 32.0 Å². The molecule has 2 heterocycles. The molecule has 0 radical (unpaired) electrons. The van der Waals surface area contributed by atoms with Crippen molar-refractivity contribution >= 4 is 22.6 Å². The second-order valence-electron chi connectivity index (χ2n) is 6.71. The Hall–Kier alpha value is -3.42. The average Bonchev–Trinajstić information content (AvgIpc) is 3.20. The number of carbonyl (C=O) groups is 2. The van der Waals surface area contributed by atoms with Crippen LogP contribution in [0.3, 0.4) is 0 Å². The second kappa shape index (κ2) is 8.51. The first-order valence-corrected chi connectivity index (χ1v) is 8.91. The molecule has 1 N–H and O–H groups in total. The summed E-state index contributed by atoms with van der Waals surface area (Å²) in [6.45, 7) is 4.01. The van der Waals surface area contributed by atoms with Gasteiger partial charge >= 0.3 is 5.97 Å². The molecule has 0 saturated carbocycles. The van der Waals surface area contributed by atoms with E-state index in [-0.39, 0.29) is 23.7 Å². The number of hydrogen-bond acceptors (Lipinski definition) is 6. The Morgan fingerprint density at radius 2 is 1.93 bits per heavy atom. The van der Waals surface area contributed by atoms with Crippen molar-refractivity contribution in [2.24, 2.45) is 5.92 Å². The number of ether oxygens (including phenoxy) is 1. The van der Waals surface area contributed by atoms with Crippen LogP contribution in [0.2, 0.25) is 0 Å². The minimum absolute atomic E-state index is 0.00897. The third-order valence-electron chi connectivity index (χ3n) is 3.97. The van der Waals surface area contributed by atoms with Crippen molar-refractivity contribution in [1.82, 2.24) is 15.1 Å². The van der Waals surface area contributed by atoms with Gasteiger partial charge in [0.05, 0.1) is 18.2 Å². The molecule has 3 aromatic rings. The monoisotopic (exact) mass is 383 g/mol.